The molecule has 0 unspecified atom stereocenters. The van der Waals surface area contributed by atoms with Gasteiger partial charge in [-0.2, -0.15) is 0 Å². The number of imide groups is 1. The first-order chi connectivity index (χ1) is 12.6. The van der Waals surface area contributed by atoms with Gasteiger partial charge in [0.05, 0.1) is 6.61 Å². The second-order valence-corrected chi connectivity index (χ2v) is 7.57. The summed E-state index contributed by atoms with van der Waals surface area (Å²) in [7, 11) is 0. The van der Waals surface area contributed by atoms with Crippen LogP contribution in [0.5, 0.6) is 5.75 Å². The lowest BCUT2D eigenvalue weighted by molar-refractivity contribution is -1.02. The van der Waals surface area contributed by atoms with Crippen molar-refractivity contribution in [2.45, 2.75) is 25.9 Å². The number of carbonyl (C=O) groups excluding carboxylic acids is 2. The zero-order valence-electron chi connectivity index (χ0n) is 15.3. The fraction of sp³-hybridized carbons (Fsp3) is 0.579. The van der Waals surface area contributed by atoms with Crippen LogP contribution in [0.15, 0.2) is 18.2 Å². The zero-order chi connectivity index (χ0) is 18.1. The molecule has 2 fully saturated rings. The van der Waals surface area contributed by atoms with Crippen molar-refractivity contribution in [1.82, 2.24) is 10.2 Å². The van der Waals surface area contributed by atoms with E-state index in [9.17, 15) is 9.59 Å². The molecule has 0 radical (unpaired) electrons. The lowest BCUT2D eigenvalue weighted by Crippen LogP contribution is -3.29. The van der Waals surface area contributed by atoms with Crippen molar-refractivity contribution in [3.63, 3.8) is 0 Å². The second kappa shape index (κ2) is 7.25. The summed E-state index contributed by atoms with van der Waals surface area (Å²) < 4.78 is 5.58. The summed E-state index contributed by atoms with van der Waals surface area (Å²) in [5.41, 5.74) is 2.69. The number of ether oxygens (including phenoxy) is 1. The van der Waals surface area contributed by atoms with E-state index in [1.165, 1.54) is 20.9 Å². The SMILES string of the molecule is C[C@@H](C(=O)N1CCNC1=O)[NH+]1CC[NH+](Cc2ccc3c(c2)CCO3)CC1. The molecule has 0 bridgehead atoms. The number of piperazine rings is 1. The third-order valence-corrected chi connectivity index (χ3v) is 5.91. The van der Waals surface area contributed by atoms with Crippen molar-refractivity contribution in [2.24, 2.45) is 0 Å². The van der Waals surface area contributed by atoms with Crippen LogP contribution in [0.3, 0.4) is 0 Å². The van der Waals surface area contributed by atoms with Crippen molar-refractivity contribution < 1.29 is 24.1 Å². The highest BCUT2D eigenvalue weighted by molar-refractivity contribution is 5.97. The minimum absolute atomic E-state index is 0.0444. The van der Waals surface area contributed by atoms with Crippen molar-refractivity contribution in [1.29, 1.82) is 0 Å². The molecule has 140 valence electrons. The summed E-state index contributed by atoms with van der Waals surface area (Å²) in [4.78, 5) is 28.5. The Morgan fingerprint density at radius 2 is 2.12 bits per heavy atom. The van der Waals surface area contributed by atoms with Gasteiger partial charge < -0.3 is 19.9 Å². The third-order valence-electron chi connectivity index (χ3n) is 5.91. The number of nitrogens with one attached hydrogen (secondary N) is 3. The first kappa shape index (κ1) is 17.3. The van der Waals surface area contributed by atoms with Crippen LogP contribution in [0.25, 0.3) is 0 Å². The highest BCUT2D eigenvalue weighted by Gasteiger charge is 2.37. The summed E-state index contributed by atoms with van der Waals surface area (Å²) in [6.45, 7) is 8.86. The molecule has 1 aromatic rings. The van der Waals surface area contributed by atoms with Crippen LogP contribution in [-0.2, 0) is 17.8 Å². The number of carbonyl (C=O) groups is 2. The summed E-state index contributed by atoms with van der Waals surface area (Å²) in [5, 5.41) is 2.70. The van der Waals surface area contributed by atoms with Gasteiger partial charge in [0, 0.05) is 25.1 Å². The molecule has 3 aliphatic rings. The van der Waals surface area contributed by atoms with Gasteiger partial charge in [-0.3, -0.25) is 9.69 Å². The van der Waals surface area contributed by atoms with Crippen LogP contribution in [0.2, 0.25) is 0 Å². The Hall–Kier alpha value is -2.12. The first-order valence-electron chi connectivity index (χ1n) is 9.64. The van der Waals surface area contributed by atoms with E-state index in [1.54, 1.807) is 4.90 Å². The molecule has 7 nitrogen and oxygen atoms in total. The quantitative estimate of drug-likeness (QED) is 0.573. The maximum atomic E-state index is 12.6. The average Bonchev–Trinajstić information content (AvgIpc) is 3.29. The molecule has 0 spiro atoms. The summed E-state index contributed by atoms with van der Waals surface area (Å²) >= 11 is 0. The van der Waals surface area contributed by atoms with Gasteiger partial charge in [0.25, 0.3) is 5.91 Å². The normalized spacial score (nSPS) is 26.2. The molecular weight excluding hydrogens is 332 g/mol. The van der Waals surface area contributed by atoms with Gasteiger partial charge in [0.2, 0.25) is 0 Å². The van der Waals surface area contributed by atoms with Crippen LogP contribution < -0.4 is 19.9 Å². The topological polar surface area (TPSA) is 67.5 Å². The summed E-state index contributed by atoms with van der Waals surface area (Å²) in [6.07, 6.45) is 1.01. The van der Waals surface area contributed by atoms with Gasteiger partial charge in [0.1, 0.15) is 38.5 Å². The van der Waals surface area contributed by atoms with Crippen molar-refractivity contribution in [2.75, 3.05) is 45.9 Å². The van der Waals surface area contributed by atoms with Crippen LogP contribution in [0, 0.1) is 0 Å². The van der Waals surface area contributed by atoms with E-state index >= 15 is 0 Å². The maximum absolute atomic E-state index is 12.6. The molecule has 3 N–H and O–H groups in total. The number of nitrogens with zero attached hydrogens (tertiary/aromatic N) is 1. The molecule has 3 aliphatic heterocycles. The molecule has 1 atom stereocenters. The highest BCUT2D eigenvalue weighted by atomic mass is 16.5. The number of hydrogen-bond donors (Lipinski definition) is 3. The van der Waals surface area contributed by atoms with Gasteiger partial charge in [-0.15, -0.1) is 0 Å². The van der Waals surface area contributed by atoms with Crippen molar-refractivity contribution in [3.05, 3.63) is 29.3 Å². The number of urea groups is 1. The van der Waals surface area contributed by atoms with E-state index in [0.29, 0.717) is 13.1 Å². The van der Waals surface area contributed by atoms with Crippen LogP contribution in [0.4, 0.5) is 4.79 Å². The highest BCUT2D eigenvalue weighted by Crippen LogP contribution is 2.25. The van der Waals surface area contributed by atoms with Gasteiger partial charge in [-0.1, -0.05) is 0 Å². The van der Waals surface area contributed by atoms with Crippen LogP contribution in [-0.4, -0.2) is 68.8 Å². The molecule has 3 amide bonds. The Kier molecular flexibility index (Phi) is 4.82. The minimum atomic E-state index is -0.244. The molecule has 0 aliphatic carbocycles. The Labute approximate surface area is 153 Å². The third kappa shape index (κ3) is 3.41. The van der Waals surface area contributed by atoms with Gasteiger partial charge >= 0.3 is 6.03 Å². The van der Waals surface area contributed by atoms with E-state index in [1.807, 2.05) is 6.92 Å². The number of rotatable bonds is 4. The lowest BCUT2D eigenvalue weighted by atomic mass is 10.1. The molecule has 1 aromatic carbocycles. The largest absolute Gasteiger partial charge is 0.493 e. The number of benzene rings is 1. The van der Waals surface area contributed by atoms with E-state index in [0.717, 1.165) is 51.5 Å². The summed E-state index contributed by atoms with van der Waals surface area (Å²) in [6, 6.07) is 6.16. The maximum Gasteiger partial charge on any atom is 0.324 e. The number of hydrogen-bond acceptors (Lipinski definition) is 3. The number of fused-ring (bicyclic) bond motifs is 1. The van der Waals surface area contributed by atoms with Gasteiger partial charge in [0.15, 0.2) is 6.04 Å². The standard InChI is InChI=1S/C19H26N4O3/c1-14(18(24)23-6-5-20-19(23)25)22-9-7-21(8-10-22)13-15-2-3-17-16(12-15)4-11-26-17/h2-3,12,14H,4-11,13H2,1H3,(H,20,25)/p+2/t14-/m0/s1. The minimum Gasteiger partial charge on any atom is -0.493 e. The zero-order valence-corrected chi connectivity index (χ0v) is 15.3. The van der Waals surface area contributed by atoms with Crippen molar-refractivity contribution in [3.8, 4) is 5.75 Å². The van der Waals surface area contributed by atoms with Crippen LogP contribution >= 0.6 is 0 Å². The Morgan fingerprint density at radius 3 is 2.85 bits per heavy atom. The molecule has 7 heteroatoms. The van der Waals surface area contributed by atoms with E-state index < -0.39 is 0 Å². The van der Waals surface area contributed by atoms with Crippen LogP contribution in [0.1, 0.15) is 18.1 Å². The fourth-order valence-corrected chi connectivity index (χ4v) is 4.26. The Balaban J connectivity index is 1.29. The van der Waals surface area contributed by atoms with E-state index in [2.05, 4.69) is 23.5 Å². The number of amides is 3. The average molecular weight is 360 g/mol. The molecule has 0 aromatic heterocycles. The molecule has 2 saturated heterocycles. The molecular formula is C19H28N4O3+2. The molecule has 3 heterocycles. The van der Waals surface area contributed by atoms with Gasteiger partial charge in [-0.25, -0.2) is 4.79 Å². The Bertz CT molecular complexity index is 700. The van der Waals surface area contributed by atoms with E-state index in [4.69, 9.17) is 4.74 Å². The van der Waals surface area contributed by atoms with E-state index in [-0.39, 0.29) is 18.0 Å². The monoisotopic (exact) mass is 360 g/mol. The van der Waals surface area contributed by atoms with Gasteiger partial charge in [-0.05, 0) is 30.7 Å². The predicted octanol–water partition coefficient (Wildman–Crippen LogP) is -2.15. The van der Waals surface area contributed by atoms with Crippen molar-refractivity contribution >= 4 is 11.9 Å². The fourth-order valence-electron chi connectivity index (χ4n) is 4.26. The smallest absolute Gasteiger partial charge is 0.324 e. The molecule has 4 rings (SSSR count). The molecule has 0 saturated carbocycles. The Morgan fingerprint density at radius 1 is 1.31 bits per heavy atom. The summed E-state index contributed by atoms with van der Waals surface area (Å²) in [5.74, 6) is 0.994. The predicted molar refractivity (Wildman–Crippen MR) is 95.3 cm³/mol. The number of quaternary nitrogens is 2. The lowest BCUT2D eigenvalue weighted by Gasteiger charge is -2.33. The second-order valence-electron chi connectivity index (χ2n) is 7.57. The first-order valence-corrected chi connectivity index (χ1v) is 9.64. The molecule has 26 heavy (non-hydrogen) atoms.